The van der Waals surface area contributed by atoms with E-state index in [9.17, 15) is 24.8 Å². The monoisotopic (exact) mass is 463 g/mol. The maximum Gasteiger partial charge on any atom is 0.295 e. The average Bonchev–Trinajstić information content (AvgIpc) is 3.27. The van der Waals surface area contributed by atoms with Gasteiger partial charge in [0.2, 0.25) is 0 Å². The van der Waals surface area contributed by atoms with E-state index in [0.29, 0.717) is 35.6 Å². The molecule has 0 unspecified atom stereocenters. The summed E-state index contributed by atoms with van der Waals surface area (Å²) < 4.78 is 1.66. The molecule has 10 nitrogen and oxygen atoms in total. The van der Waals surface area contributed by atoms with Gasteiger partial charge in [0.1, 0.15) is 11.3 Å². The Bertz CT molecular complexity index is 1310. The van der Waals surface area contributed by atoms with Gasteiger partial charge in [0.25, 0.3) is 17.4 Å². The lowest BCUT2D eigenvalue weighted by molar-refractivity contribution is -0.384. The van der Waals surface area contributed by atoms with E-state index in [2.05, 4.69) is 4.98 Å². The molecule has 1 fully saturated rings. The first-order valence-electron chi connectivity index (χ1n) is 10.8. The molecular formula is C24H25N5O5. The first kappa shape index (κ1) is 23.1. The minimum absolute atomic E-state index is 0.0579. The van der Waals surface area contributed by atoms with E-state index in [0.717, 1.165) is 0 Å². The molecule has 1 saturated heterocycles. The third-order valence-electron chi connectivity index (χ3n) is 5.89. The largest absolute Gasteiger partial charge is 0.505 e. The second-order valence-corrected chi connectivity index (χ2v) is 8.47. The smallest absolute Gasteiger partial charge is 0.295 e. The molecule has 2 aromatic heterocycles. The summed E-state index contributed by atoms with van der Waals surface area (Å²) in [5, 5.41) is 22.5. The van der Waals surface area contributed by atoms with Gasteiger partial charge in [0.15, 0.2) is 5.76 Å². The normalized spacial score (nSPS) is 17.8. The Hall–Kier alpha value is -4.05. The van der Waals surface area contributed by atoms with Crippen molar-refractivity contribution in [3.8, 4) is 0 Å². The highest BCUT2D eigenvalue weighted by Gasteiger charge is 2.46. The number of benzene rings is 1. The van der Waals surface area contributed by atoms with E-state index >= 15 is 0 Å². The van der Waals surface area contributed by atoms with E-state index < -0.39 is 22.7 Å². The summed E-state index contributed by atoms with van der Waals surface area (Å²) in [6, 6.07) is 10.2. The zero-order valence-electron chi connectivity index (χ0n) is 19.1. The van der Waals surface area contributed by atoms with Crippen LogP contribution < -0.4 is 0 Å². The average molecular weight is 463 g/mol. The Balaban J connectivity index is 1.87. The van der Waals surface area contributed by atoms with Crippen LogP contribution in [0.3, 0.4) is 0 Å². The molecule has 0 bridgehead atoms. The van der Waals surface area contributed by atoms with Crippen LogP contribution in [-0.4, -0.2) is 68.1 Å². The summed E-state index contributed by atoms with van der Waals surface area (Å²) in [5.74, 6) is -1.83. The molecule has 3 aromatic rings. The predicted octanol–water partition coefficient (Wildman–Crippen LogP) is 2.92. The van der Waals surface area contributed by atoms with Gasteiger partial charge in [-0.15, -0.1) is 0 Å². The Morgan fingerprint density at radius 1 is 1.18 bits per heavy atom. The summed E-state index contributed by atoms with van der Waals surface area (Å²) in [7, 11) is 3.82. The van der Waals surface area contributed by atoms with Crippen molar-refractivity contribution in [1.82, 2.24) is 19.2 Å². The van der Waals surface area contributed by atoms with Crippen molar-refractivity contribution in [2.75, 3.05) is 27.2 Å². The van der Waals surface area contributed by atoms with Gasteiger partial charge < -0.3 is 14.9 Å². The zero-order valence-corrected chi connectivity index (χ0v) is 19.1. The van der Waals surface area contributed by atoms with Gasteiger partial charge in [-0.3, -0.25) is 24.1 Å². The molecule has 1 amide bonds. The number of aromatic nitrogens is 2. The van der Waals surface area contributed by atoms with E-state index in [1.54, 1.807) is 29.7 Å². The number of hydrogen-bond donors (Lipinski definition) is 1. The quantitative estimate of drug-likeness (QED) is 0.188. The minimum Gasteiger partial charge on any atom is -0.505 e. The minimum atomic E-state index is -0.878. The van der Waals surface area contributed by atoms with Crippen molar-refractivity contribution >= 4 is 28.8 Å². The third kappa shape index (κ3) is 4.03. The van der Waals surface area contributed by atoms with Crippen LogP contribution in [0.25, 0.3) is 11.4 Å². The highest BCUT2D eigenvalue weighted by molar-refractivity contribution is 6.46. The maximum absolute atomic E-state index is 13.2. The van der Waals surface area contributed by atoms with Gasteiger partial charge in [-0.25, -0.2) is 4.98 Å². The van der Waals surface area contributed by atoms with Crippen molar-refractivity contribution in [3.05, 3.63) is 81.3 Å². The van der Waals surface area contributed by atoms with Crippen LogP contribution in [0.15, 0.2) is 54.2 Å². The molecule has 10 heteroatoms. The summed E-state index contributed by atoms with van der Waals surface area (Å²) in [6.07, 6.45) is 2.33. The van der Waals surface area contributed by atoms with Crippen LogP contribution in [0.4, 0.5) is 5.69 Å². The number of likely N-dealkylation sites (tertiary alicyclic amines) is 1. The first-order valence-corrected chi connectivity index (χ1v) is 10.8. The standard InChI is InChI=1S/C24H25N5O5/c1-15-20(27-13-5-4-7-18(27)25-15)22(30)19-21(16-8-10-17(11-9-16)29(33)34)28(24(32)23(19)31)14-6-12-26(2)3/h4-5,7-11,13,21,30H,6,12,14H2,1-3H3/b22-19+/t21-/m1/s1. The number of Topliss-reactive ketones (excluding diaryl/α,β-unsaturated/α-hetero) is 1. The van der Waals surface area contributed by atoms with Crippen LogP contribution in [0.5, 0.6) is 0 Å². The zero-order chi connectivity index (χ0) is 24.6. The second-order valence-electron chi connectivity index (χ2n) is 8.47. The molecule has 1 aromatic carbocycles. The van der Waals surface area contributed by atoms with Crippen LogP contribution >= 0.6 is 0 Å². The van der Waals surface area contributed by atoms with Crippen molar-refractivity contribution in [3.63, 3.8) is 0 Å². The van der Waals surface area contributed by atoms with E-state index in [1.165, 1.54) is 29.2 Å². The summed E-state index contributed by atoms with van der Waals surface area (Å²) in [4.78, 5) is 44.7. The van der Waals surface area contributed by atoms with Gasteiger partial charge in [0, 0.05) is 24.9 Å². The van der Waals surface area contributed by atoms with Crippen LogP contribution in [0.2, 0.25) is 0 Å². The highest BCUT2D eigenvalue weighted by atomic mass is 16.6. The fourth-order valence-electron chi connectivity index (χ4n) is 4.32. The topological polar surface area (TPSA) is 121 Å². The lowest BCUT2D eigenvalue weighted by atomic mass is 9.96. The fourth-order valence-corrected chi connectivity index (χ4v) is 4.32. The van der Waals surface area contributed by atoms with Gasteiger partial charge in [-0.2, -0.15) is 0 Å². The number of aliphatic hydroxyl groups excluding tert-OH is 1. The number of carbonyl (C=O) groups is 2. The van der Waals surface area contributed by atoms with Crippen molar-refractivity contribution in [1.29, 1.82) is 0 Å². The van der Waals surface area contributed by atoms with Gasteiger partial charge in [-0.1, -0.05) is 6.07 Å². The first-order chi connectivity index (χ1) is 16.2. The number of pyridine rings is 1. The Labute approximate surface area is 195 Å². The number of carbonyl (C=O) groups excluding carboxylic acids is 2. The maximum atomic E-state index is 13.2. The number of ketones is 1. The lowest BCUT2D eigenvalue weighted by Crippen LogP contribution is -2.32. The fraction of sp³-hybridized carbons (Fsp3) is 0.292. The molecule has 1 atom stereocenters. The Morgan fingerprint density at radius 2 is 1.88 bits per heavy atom. The molecule has 0 aliphatic carbocycles. The lowest BCUT2D eigenvalue weighted by Gasteiger charge is -2.25. The van der Waals surface area contributed by atoms with E-state index in [-0.39, 0.29) is 23.6 Å². The molecule has 1 aliphatic rings. The highest BCUT2D eigenvalue weighted by Crippen LogP contribution is 2.40. The molecule has 34 heavy (non-hydrogen) atoms. The number of non-ortho nitro benzene ring substituents is 1. The molecular weight excluding hydrogens is 438 g/mol. The number of nitro benzene ring substituents is 1. The number of hydrogen-bond acceptors (Lipinski definition) is 7. The van der Waals surface area contributed by atoms with Crippen molar-refractivity contribution < 1.29 is 19.6 Å². The summed E-state index contributed by atoms with van der Waals surface area (Å²) in [5.41, 5.74) is 1.76. The number of nitro groups is 1. The third-order valence-corrected chi connectivity index (χ3v) is 5.89. The van der Waals surface area contributed by atoms with E-state index in [4.69, 9.17) is 0 Å². The van der Waals surface area contributed by atoms with Crippen molar-refractivity contribution in [2.45, 2.75) is 19.4 Å². The molecule has 0 saturated carbocycles. The molecule has 176 valence electrons. The van der Waals surface area contributed by atoms with Crippen LogP contribution in [0.1, 0.15) is 29.4 Å². The van der Waals surface area contributed by atoms with Crippen LogP contribution in [0, 0.1) is 17.0 Å². The van der Waals surface area contributed by atoms with Gasteiger partial charge in [-0.05, 0) is 63.8 Å². The van der Waals surface area contributed by atoms with Gasteiger partial charge in [0.05, 0.1) is 22.2 Å². The SMILES string of the molecule is Cc1nc2ccccn2c1/C(O)=C1\C(=O)C(=O)N(CCCN(C)C)[C@@H]1c1ccc([N+](=O)[O-])cc1. The number of aryl methyl sites for hydroxylation is 1. The molecule has 0 spiro atoms. The number of aliphatic hydroxyl groups is 1. The number of amides is 1. The summed E-state index contributed by atoms with van der Waals surface area (Å²) >= 11 is 0. The molecule has 0 radical (unpaired) electrons. The molecule has 4 rings (SSSR count). The number of imidazole rings is 1. The summed E-state index contributed by atoms with van der Waals surface area (Å²) in [6.45, 7) is 2.70. The van der Waals surface area contributed by atoms with Gasteiger partial charge >= 0.3 is 0 Å². The predicted molar refractivity (Wildman–Crippen MR) is 125 cm³/mol. The molecule has 3 heterocycles. The number of fused-ring (bicyclic) bond motifs is 1. The number of nitrogens with zero attached hydrogens (tertiary/aromatic N) is 5. The second kappa shape index (κ2) is 9.06. The van der Waals surface area contributed by atoms with E-state index in [1.807, 2.05) is 25.1 Å². The Kier molecular flexibility index (Phi) is 6.16. The number of rotatable bonds is 7. The molecule has 1 aliphatic heterocycles. The van der Waals surface area contributed by atoms with Crippen molar-refractivity contribution in [2.24, 2.45) is 0 Å². The van der Waals surface area contributed by atoms with Crippen LogP contribution in [-0.2, 0) is 9.59 Å². The molecule has 1 N–H and O–H groups in total. The Morgan fingerprint density at radius 3 is 2.53 bits per heavy atom.